The van der Waals surface area contributed by atoms with Gasteiger partial charge in [0.2, 0.25) is 5.90 Å². The molecular formula is C17H17ClN6O. The van der Waals surface area contributed by atoms with Gasteiger partial charge >= 0.3 is 0 Å². The number of rotatable bonds is 3. The van der Waals surface area contributed by atoms with Crippen molar-refractivity contribution in [2.75, 3.05) is 0 Å². The summed E-state index contributed by atoms with van der Waals surface area (Å²) in [5.41, 5.74) is 7.93. The highest BCUT2D eigenvalue weighted by Gasteiger charge is 2.13. The normalized spacial score (nSPS) is 11.9. The first kappa shape index (κ1) is 16.9. The molecular weight excluding hydrogens is 340 g/mol. The zero-order chi connectivity index (χ0) is 18.0. The van der Waals surface area contributed by atoms with Crippen LogP contribution in [0.1, 0.15) is 19.4 Å². The number of H-pyrrole nitrogens is 1. The number of nitrogens with zero attached hydrogens (tertiary/aromatic N) is 3. The number of halogens is 1. The first-order chi connectivity index (χ1) is 11.9. The Morgan fingerprint density at radius 3 is 2.88 bits per heavy atom. The summed E-state index contributed by atoms with van der Waals surface area (Å²) >= 11 is 5.95. The van der Waals surface area contributed by atoms with Crippen LogP contribution in [0, 0.1) is 5.41 Å². The molecule has 4 N–H and O–H groups in total. The molecule has 0 radical (unpaired) electrons. The molecule has 7 nitrogen and oxygen atoms in total. The predicted octanol–water partition coefficient (Wildman–Crippen LogP) is 3.34. The molecule has 0 atom stereocenters. The summed E-state index contributed by atoms with van der Waals surface area (Å²) in [4.78, 5) is 15.7. The topological polar surface area (TPSA) is 113 Å². The summed E-state index contributed by atoms with van der Waals surface area (Å²) in [6, 6.07) is 7.01. The number of hydrogen-bond acceptors (Lipinski definition) is 5. The van der Waals surface area contributed by atoms with Crippen molar-refractivity contribution in [1.29, 1.82) is 5.41 Å². The Morgan fingerprint density at radius 2 is 2.16 bits per heavy atom. The van der Waals surface area contributed by atoms with E-state index in [9.17, 15) is 0 Å². The Hall–Kier alpha value is -2.93. The molecule has 0 saturated heterocycles. The van der Waals surface area contributed by atoms with Crippen molar-refractivity contribution in [3.63, 3.8) is 0 Å². The zero-order valence-corrected chi connectivity index (χ0v) is 14.5. The highest BCUT2D eigenvalue weighted by molar-refractivity contribution is 6.29. The first-order valence-electron chi connectivity index (χ1n) is 7.64. The Morgan fingerprint density at radius 1 is 1.36 bits per heavy atom. The molecule has 2 aromatic heterocycles. The number of nitrogens with one attached hydrogen (secondary N) is 2. The van der Waals surface area contributed by atoms with Gasteiger partial charge in [0.25, 0.3) is 6.02 Å². The van der Waals surface area contributed by atoms with E-state index in [0.717, 1.165) is 16.5 Å². The van der Waals surface area contributed by atoms with E-state index in [1.165, 1.54) is 0 Å². The third kappa shape index (κ3) is 3.77. The summed E-state index contributed by atoms with van der Waals surface area (Å²) in [6.07, 6.45) is 3.40. The highest BCUT2D eigenvalue weighted by Crippen LogP contribution is 2.27. The lowest BCUT2D eigenvalue weighted by Crippen LogP contribution is -2.22. The van der Waals surface area contributed by atoms with Crippen LogP contribution < -0.4 is 5.73 Å². The van der Waals surface area contributed by atoms with Gasteiger partial charge in [-0.2, -0.15) is 0 Å². The second-order valence-corrected chi connectivity index (χ2v) is 6.05. The maximum absolute atomic E-state index is 8.10. The molecule has 128 valence electrons. The molecule has 2 heterocycles. The lowest BCUT2D eigenvalue weighted by Gasteiger charge is -2.07. The van der Waals surface area contributed by atoms with Crippen LogP contribution in [0.4, 0.5) is 0 Å². The number of benzene rings is 1. The number of fused-ring (bicyclic) bond motifs is 1. The number of hydrogen-bond donors (Lipinski definition) is 3. The van der Waals surface area contributed by atoms with E-state index in [0.29, 0.717) is 16.5 Å². The van der Waals surface area contributed by atoms with Crippen molar-refractivity contribution in [2.45, 2.75) is 19.9 Å². The fourth-order valence-electron chi connectivity index (χ4n) is 2.36. The van der Waals surface area contributed by atoms with Gasteiger partial charge in [-0.05, 0) is 38.1 Å². The van der Waals surface area contributed by atoms with Crippen molar-refractivity contribution < 1.29 is 4.74 Å². The molecule has 0 unspecified atom stereocenters. The molecule has 0 aliphatic heterocycles. The molecule has 0 fully saturated rings. The van der Waals surface area contributed by atoms with Crippen LogP contribution in [0.5, 0.6) is 0 Å². The van der Waals surface area contributed by atoms with E-state index in [4.69, 9.17) is 27.5 Å². The molecule has 0 aliphatic carbocycles. The quantitative estimate of drug-likeness (QED) is 0.379. The van der Waals surface area contributed by atoms with Gasteiger partial charge in [-0.1, -0.05) is 11.6 Å². The fourth-order valence-corrected chi connectivity index (χ4v) is 2.49. The maximum atomic E-state index is 8.10. The monoisotopic (exact) mass is 356 g/mol. The largest absolute Gasteiger partial charge is 0.407 e. The van der Waals surface area contributed by atoms with E-state index < -0.39 is 0 Å². The van der Waals surface area contributed by atoms with Gasteiger partial charge in [-0.3, -0.25) is 5.41 Å². The van der Waals surface area contributed by atoms with E-state index in [1.54, 1.807) is 24.5 Å². The first-order valence-corrected chi connectivity index (χ1v) is 8.02. The van der Waals surface area contributed by atoms with Crippen molar-refractivity contribution in [3.05, 3.63) is 47.4 Å². The Labute approximate surface area is 149 Å². The molecule has 25 heavy (non-hydrogen) atoms. The molecule has 0 amide bonds. The third-order valence-electron chi connectivity index (χ3n) is 3.40. The fraction of sp³-hybridized carbons (Fsp3) is 0.176. The van der Waals surface area contributed by atoms with Crippen molar-refractivity contribution in [3.8, 4) is 11.4 Å². The second kappa shape index (κ2) is 6.90. The zero-order valence-electron chi connectivity index (χ0n) is 13.7. The van der Waals surface area contributed by atoms with Gasteiger partial charge in [-0.25, -0.2) is 15.0 Å². The van der Waals surface area contributed by atoms with Crippen molar-refractivity contribution >= 4 is 34.4 Å². The molecule has 3 aromatic rings. The summed E-state index contributed by atoms with van der Waals surface area (Å²) in [5.74, 6) is 0.423. The van der Waals surface area contributed by atoms with Gasteiger partial charge < -0.3 is 15.5 Å². The lowest BCUT2D eigenvalue weighted by molar-refractivity contribution is 0.523. The minimum atomic E-state index is -0.0806. The minimum absolute atomic E-state index is 0.00784. The van der Waals surface area contributed by atoms with Gasteiger partial charge in [0.05, 0.1) is 0 Å². The smallest absolute Gasteiger partial charge is 0.289 e. The number of aromatic amines is 1. The van der Waals surface area contributed by atoms with Crippen LogP contribution in [-0.4, -0.2) is 32.9 Å². The predicted molar refractivity (Wildman–Crippen MR) is 99.0 cm³/mol. The SMILES string of the molecule is CC(C)N=C(N)OC(=N)c1ccc2[nH]cc(-c3nccc(Cl)n3)c2c1. The van der Waals surface area contributed by atoms with E-state index in [-0.39, 0.29) is 18.0 Å². The van der Waals surface area contributed by atoms with Crippen LogP contribution >= 0.6 is 11.6 Å². The van der Waals surface area contributed by atoms with Gasteiger partial charge in [0.15, 0.2) is 5.82 Å². The average molecular weight is 357 g/mol. The Bertz CT molecular complexity index is 963. The molecule has 8 heteroatoms. The summed E-state index contributed by atoms with van der Waals surface area (Å²) in [5, 5.41) is 9.32. The lowest BCUT2D eigenvalue weighted by atomic mass is 10.1. The number of nitrogens with two attached hydrogens (primary N) is 1. The Balaban J connectivity index is 1.97. The minimum Gasteiger partial charge on any atom is -0.407 e. The molecule has 1 aromatic carbocycles. The van der Waals surface area contributed by atoms with Crippen LogP contribution in [0.15, 0.2) is 41.7 Å². The van der Waals surface area contributed by atoms with Crippen LogP contribution in [0.3, 0.4) is 0 Å². The number of aromatic nitrogens is 3. The summed E-state index contributed by atoms with van der Waals surface area (Å²) in [6.45, 7) is 3.76. The molecule has 0 bridgehead atoms. The van der Waals surface area contributed by atoms with Crippen LogP contribution in [-0.2, 0) is 4.74 Å². The number of aliphatic imine (C=N–C) groups is 1. The Kier molecular flexibility index (Phi) is 4.67. The van der Waals surface area contributed by atoms with Gasteiger partial charge in [0, 0.05) is 40.5 Å². The molecule has 0 spiro atoms. The average Bonchev–Trinajstić information content (AvgIpc) is 2.97. The number of ether oxygens (including phenoxy) is 1. The molecule has 0 saturated carbocycles. The van der Waals surface area contributed by atoms with Crippen LogP contribution in [0.2, 0.25) is 5.15 Å². The van der Waals surface area contributed by atoms with E-state index in [2.05, 4.69) is 19.9 Å². The van der Waals surface area contributed by atoms with Gasteiger partial charge in [0.1, 0.15) is 5.15 Å². The van der Waals surface area contributed by atoms with Gasteiger partial charge in [-0.15, -0.1) is 0 Å². The molecule has 0 aliphatic rings. The van der Waals surface area contributed by atoms with Crippen molar-refractivity contribution in [2.24, 2.45) is 10.7 Å². The van der Waals surface area contributed by atoms with E-state index in [1.807, 2.05) is 26.0 Å². The molecule has 3 rings (SSSR count). The van der Waals surface area contributed by atoms with Crippen molar-refractivity contribution in [1.82, 2.24) is 15.0 Å². The third-order valence-corrected chi connectivity index (χ3v) is 3.61. The highest BCUT2D eigenvalue weighted by atomic mass is 35.5. The standard InChI is InChI=1S/C17H17ClN6O/c1-9(2)23-17(20)25-15(19)10-3-4-13-11(7-10)12(8-22-13)16-21-6-5-14(18)24-16/h3-9,19,22H,1-2H3,(H2,20,23). The summed E-state index contributed by atoms with van der Waals surface area (Å²) in [7, 11) is 0. The second-order valence-electron chi connectivity index (χ2n) is 5.66. The maximum Gasteiger partial charge on any atom is 0.289 e. The number of amidine groups is 1. The van der Waals surface area contributed by atoms with Crippen LogP contribution in [0.25, 0.3) is 22.3 Å². The van der Waals surface area contributed by atoms with E-state index >= 15 is 0 Å². The summed E-state index contributed by atoms with van der Waals surface area (Å²) < 4.78 is 5.29.